The predicted molar refractivity (Wildman–Crippen MR) is 84.7 cm³/mol. The van der Waals surface area contributed by atoms with Crippen molar-refractivity contribution in [2.24, 2.45) is 0 Å². The summed E-state index contributed by atoms with van der Waals surface area (Å²) < 4.78 is 1.75. The molecule has 0 aliphatic rings. The number of aryl methyl sites for hydroxylation is 1. The smallest absolute Gasteiger partial charge is 0.260 e. The molecule has 2 heterocycles. The minimum atomic E-state index is -0.207. The number of carbonyl (C=O) groups excluding carboxylic acids is 1. The van der Waals surface area contributed by atoms with Crippen molar-refractivity contribution in [3.63, 3.8) is 0 Å². The third kappa shape index (κ3) is 3.20. The molecule has 1 N–H and O–H groups in total. The van der Waals surface area contributed by atoms with Crippen LogP contribution in [-0.2, 0) is 6.54 Å². The van der Waals surface area contributed by atoms with E-state index in [1.807, 2.05) is 49.4 Å². The number of pyridine rings is 1. The van der Waals surface area contributed by atoms with E-state index >= 15 is 0 Å². The molecule has 0 fully saturated rings. The first kappa shape index (κ1) is 14.0. The topological polar surface area (TPSA) is 59.8 Å². The Balaban J connectivity index is 1.71. The van der Waals surface area contributed by atoms with E-state index in [1.54, 1.807) is 23.3 Å². The number of benzene rings is 1. The lowest BCUT2D eigenvalue weighted by Gasteiger charge is -2.05. The molecule has 0 atom stereocenters. The second kappa shape index (κ2) is 6.22. The first-order valence-electron chi connectivity index (χ1n) is 7.02. The molecule has 3 aromatic rings. The number of anilines is 1. The van der Waals surface area contributed by atoms with E-state index in [1.165, 1.54) is 0 Å². The first-order valence-corrected chi connectivity index (χ1v) is 7.02. The molecule has 0 radical (unpaired) electrons. The van der Waals surface area contributed by atoms with Gasteiger partial charge in [-0.05, 0) is 24.1 Å². The van der Waals surface area contributed by atoms with Gasteiger partial charge in [-0.1, -0.05) is 36.4 Å². The van der Waals surface area contributed by atoms with Crippen molar-refractivity contribution in [1.29, 1.82) is 0 Å². The van der Waals surface area contributed by atoms with Crippen LogP contribution in [0.3, 0.4) is 0 Å². The number of nitrogens with zero attached hydrogens (tertiary/aromatic N) is 3. The van der Waals surface area contributed by atoms with Crippen molar-refractivity contribution in [1.82, 2.24) is 14.8 Å². The highest BCUT2D eigenvalue weighted by atomic mass is 16.1. The SMILES string of the molecule is Cc1cccnc1NC(=O)c1cnn(Cc2ccccc2)c1. The fourth-order valence-corrected chi connectivity index (χ4v) is 2.13. The van der Waals surface area contributed by atoms with Gasteiger partial charge in [0, 0.05) is 12.4 Å². The summed E-state index contributed by atoms with van der Waals surface area (Å²) in [7, 11) is 0. The summed E-state index contributed by atoms with van der Waals surface area (Å²) in [4.78, 5) is 16.4. The predicted octanol–water partition coefficient (Wildman–Crippen LogP) is 2.89. The molecule has 1 amide bonds. The van der Waals surface area contributed by atoms with Gasteiger partial charge in [0.05, 0.1) is 18.3 Å². The Bertz CT molecular complexity index is 780. The second-order valence-corrected chi connectivity index (χ2v) is 5.04. The van der Waals surface area contributed by atoms with E-state index in [0.717, 1.165) is 11.1 Å². The third-order valence-corrected chi connectivity index (χ3v) is 3.32. The summed E-state index contributed by atoms with van der Waals surface area (Å²) in [5.74, 6) is 0.365. The van der Waals surface area contributed by atoms with Crippen LogP contribution in [0.15, 0.2) is 61.1 Å². The number of aromatic nitrogens is 3. The molecule has 0 aliphatic heterocycles. The van der Waals surface area contributed by atoms with E-state index in [9.17, 15) is 4.79 Å². The van der Waals surface area contributed by atoms with Crippen LogP contribution in [0.2, 0.25) is 0 Å². The largest absolute Gasteiger partial charge is 0.306 e. The van der Waals surface area contributed by atoms with Crippen molar-refractivity contribution < 1.29 is 4.79 Å². The molecule has 0 bridgehead atoms. The lowest BCUT2D eigenvalue weighted by molar-refractivity contribution is 0.102. The summed E-state index contributed by atoms with van der Waals surface area (Å²) in [6, 6.07) is 13.7. The maximum absolute atomic E-state index is 12.2. The molecule has 5 heteroatoms. The van der Waals surface area contributed by atoms with Crippen molar-refractivity contribution in [2.45, 2.75) is 13.5 Å². The van der Waals surface area contributed by atoms with Crippen LogP contribution in [0.1, 0.15) is 21.5 Å². The minimum Gasteiger partial charge on any atom is -0.306 e. The average molecular weight is 292 g/mol. The standard InChI is InChI=1S/C17H16N4O/c1-13-6-5-9-18-16(13)20-17(22)15-10-19-21(12-15)11-14-7-3-2-4-8-14/h2-10,12H,11H2,1H3,(H,18,20,22). The van der Waals surface area contributed by atoms with Crippen molar-refractivity contribution in [2.75, 3.05) is 5.32 Å². The quantitative estimate of drug-likeness (QED) is 0.804. The Morgan fingerprint density at radius 3 is 2.77 bits per heavy atom. The third-order valence-electron chi connectivity index (χ3n) is 3.32. The number of carbonyl (C=O) groups is 1. The van der Waals surface area contributed by atoms with E-state index in [2.05, 4.69) is 15.4 Å². The van der Waals surface area contributed by atoms with Crippen molar-refractivity contribution in [3.8, 4) is 0 Å². The molecule has 110 valence electrons. The summed E-state index contributed by atoms with van der Waals surface area (Å²) >= 11 is 0. The van der Waals surface area contributed by atoms with Crippen LogP contribution in [0.5, 0.6) is 0 Å². The van der Waals surface area contributed by atoms with Crippen molar-refractivity contribution >= 4 is 11.7 Å². The van der Waals surface area contributed by atoms with E-state index in [0.29, 0.717) is 17.9 Å². The Morgan fingerprint density at radius 1 is 1.18 bits per heavy atom. The molecule has 5 nitrogen and oxygen atoms in total. The fourth-order valence-electron chi connectivity index (χ4n) is 2.13. The highest BCUT2D eigenvalue weighted by Crippen LogP contribution is 2.11. The zero-order valence-electron chi connectivity index (χ0n) is 12.2. The van der Waals surface area contributed by atoms with Crippen molar-refractivity contribution in [3.05, 3.63) is 77.7 Å². The zero-order valence-corrected chi connectivity index (χ0v) is 12.2. The zero-order chi connectivity index (χ0) is 15.4. The molecule has 0 aliphatic carbocycles. The van der Waals surface area contributed by atoms with E-state index in [4.69, 9.17) is 0 Å². The summed E-state index contributed by atoms with van der Waals surface area (Å²) in [5, 5.41) is 7.03. The lowest BCUT2D eigenvalue weighted by Crippen LogP contribution is -2.13. The van der Waals surface area contributed by atoms with Crippen LogP contribution in [0, 0.1) is 6.92 Å². The van der Waals surface area contributed by atoms with Gasteiger partial charge in [-0.2, -0.15) is 5.10 Å². The summed E-state index contributed by atoms with van der Waals surface area (Å²) in [6.45, 7) is 2.54. The summed E-state index contributed by atoms with van der Waals surface area (Å²) in [6.07, 6.45) is 4.96. The second-order valence-electron chi connectivity index (χ2n) is 5.04. The Morgan fingerprint density at radius 2 is 2.00 bits per heavy atom. The normalized spacial score (nSPS) is 10.4. The molecule has 2 aromatic heterocycles. The number of nitrogens with one attached hydrogen (secondary N) is 1. The number of hydrogen-bond donors (Lipinski definition) is 1. The average Bonchev–Trinajstić information content (AvgIpc) is 2.99. The maximum atomic E-state index is 12.2. The van der Waals surface area contributed by atoms with Gasteiger partial charge in [0.1, 0.15) is 5.82 Å². The molecule has 0 saturated carbocycles. The van der Waals surface area contributed by atoms with Gasteiger partial charge >= 0.3 is 0 Å². The number of hydrogen-bond acceptors (Lipinski definition) is 3. The molecule has 1 aromatic carbocycles. The first-order chi connectivity index (χ1) is 10.7. The Hall–Kier alpha value is -2.95. The van der Waals surface area contributed by atoms with Gasteiger partial charge in [-0.15, -0.1) is 0 Å². The Labute approximate surface area is 128 Å². The molecular formula is C17H16N4O. The van der Waals surface area contributed by atoms with Gasteiger partial charge < -0.3 is 5.32 Å². The lowest BCUT2D eigenvalue weighted by atomic mass is 10.2. The van der Waals surface area contributed by atoms with Crippen LogP contribution in [0.4, 0.5) is 5.82 Å². The van der Waals surface area contributed by atoms with Crippen LogP contribution < -0.4 is 5.32 Å². The molecule has 22 heavy (non-hydrogen) atoms. The molecule has 3 rings (SSSR count). The number of rotatable bonds is 4. The van der Waals surface area contributed by atoms with Crippen LogP contribution >= 0.6 is 0 Å². The molecule has 0 spiro atoms. The molecule has 0 saturated heterocycles. The molecule has 0 unspecified atom stereocenters. The maximum Gasteiger partial charge on any atom is 0.260 e. The Kier molecular flexibility index (Phi) is 3.96. The highest BCUT2D eigenvalue weighted by molar-refractivity contribution is 6.03. The van der Waals surface area contributed by atoms with E-state index in [-0.39, 0.29) is 5.91 Å². The van der Waals surface area contributed by atoms with Gasteiger partial charge in [0.25, 0.3) is 5.91 Å². The van der Waals surface area contributed by atoms with E-state index < -0.39 is 0 Å². The van der Waals surface area contributed by atoms with Crippen LogP contribution in [0.25, 0.3) is 0 Å². The van der Waals surface area contributed by atoms with Gasteiger partial charge in [0.2, 0.25) is 0 Å². The van der Waals surface area contributed by atoms with Gasteiger partial charge in [-0.3, -0.25) is 9.48 Å². The monoisotopic (exact) mass is 292 g/mol. The minimum absolute atomic E-state index is 0.207. The highest BCUT2D eigenvalue weighted by Gasteiger charge is 2.11. The fraction of sp³-hybridized carbons (Fsp3) is 0.118. The molecular weight excluding hydrogens is 276 g/mol. The summed E-state index contributed by atoms with van der Waals surface area (Å²) in [5.41, 5.74) is 2.58. The number of amides is 1. The van der Waals surface area contributed by atoms with Gasteiger partial charge in [0.15, 0.2) is 0 Å². The van der Waals surface area contributed by atoms with Crippen LogP contribution in [-0.4, -0.2) is 20.7 Å². The van der Waals surface area contributed by atoms with Gasteiger partial charge in [-0.25, -0.2) is 4.98 Å².